The summed E-state index contributed by atoms with van der Waals surface area (Å²) in [6.07, 6.45) is 0.364. The number of aromatic nitrogens is 2. The second-order valence-corrected chi connectivity index (χ2v) is 6.16. The Labute approximate surface area is 145 Å². The molecule has 1 aromatic heterocycles. The molecule has 6 heteroatoms. The minimum absolute atomic E-state index is 0.0988. The molecule has 3 aromatic rings. The number of benzene rings is 2. The number of aryl methyl sites for hydroxylation is 1. The fourth-order valence-corrected chi connectivity index (χ4v) is 3.35. The zero-order valence-electron chi connectivity index (χ0n) is 14.0. The van der Waals surface area contributed by atoms with Crippen LogP contribution in [-0.4, -0.2) is 22.2 Å². The van der Waals surface area contributed by atoms with Crippen LogP contribution >= 0.6 is 0 Å². The molecular formula is C19H19FN4O. The summed E-state index contributed by atoms with van der Waals surface area (Å²) in [5, 5.41) is 8.63. The SMILES string of the molecule is CCn1nc(CN2CCC(=O)Nc3cc(F)ccc32)c2ccccc21. The summed E-state index contributed by atoms with van der Waals surface area (Å²) in [5.41, 5.74) is 3.40. The van der Waals surface area contributed by atoms with Crippen LogP contribution in [0.2, 0.25) is 0 Å². The van der Waals surface area contributed by atoms with E-state index in [4.69, 9.17) is 5.10 Å². The minimum Gasteiger partial charge on any atom is -0.363 e. The summed E-state index contributed by atoms with van der Waals surface area (Å²) < 4.78 is 15.6. The van der Waals surface area contributed by atoms with Gasteiger partial charge in [-0.25, -0.2) is 4.39 Å². The van der Waals surface area contributed by atoms with E-state index in [1.807, 2.05) is 16.8 Å². The number of rotatable bonds is 3. The van der Waals surface area contributed by atoms with Crippen molar-refractivity contribution in [3.8, 4) is 0 Å². The van der Waals surface area contributed by atoms with Crippen molar-refractivity contribution in [3.05, 3.63) is 54.0 Å². The van der Waals surface area contributed by atoms with Gasteiger partial charge in [-0.05, 0) is 31.2 Å². The van der Waals surface area contributed by atoms with Gasteiger partial charge in [0.2, 0.25) is 5.91 Å². The molecule has 0 saturated heterocycles. The van der Waals surface area contributed by atoms with Crippen LogP contribution in [0.4, 0.5) is 15.8 Å². The topological polar surface area (TPSA) is 50.2 Å². The lowest BCUT2D eigenvalue weighted by atomic mass is 10.2. The second kappa shape index (κ2) is 6.20. The van der Waals surface area contributed by atoms with Crippen molar-refractivity contribution in [1.29, 1.82) is 0 Å². The second-order valence-electron chi connectivity index (χ2n) is 6.16. The molecule has 0 fully saturated rings. The first kappa shape index (κ1) is 15.6. The van der Waals surface area contributed by atoms with Gasteiger partial charge in [0.05, 0.1) is 29.1 Å². The molecule has 1 N–H and O–H groups in total. The molecule has 128 valence electrons. The Kier molecular flexibility index (Phi) is 3.87. The van der Waals surface area contributed by atoms with Gasteiger partial charge in [-0.15, -0.1) is 0 Å². The summed E-state index contributed by atoms with van der Waals surface area (Å²) in [6.45, 7) is 4.00. The Hall–Kier alpha value is -2.89. The Morgan fingerprint density at radius 2 is 2.08 bits per heavy atom. The predicted octanol–water partition coefficient (Wildman–Crippen LogP) is 3.54. The third-order valence-electron chi connectivity index (χ3n) is 4.56. The summed E-state index contributed by atoms with van der Waals surface area (Å²) in [4.78, 5) is 14.0. The van der Waals surface area contributed by atoms with E-state index in [2.05, 4.69) is 29.3 Å². The van der Waals surface area contributed by atoms with Crippen LogP contribution < -0.4 is 10.2 Å². The first-order valence-corrected chi connectivity index (χ1v) is 8.44. The van der Waals surface area contributed by atoms with E-state index >= 15 is 0 Å². The van der Waals surface area contributed by atoms with Crippen LogP contribution in [0.25, 0.3) is 10.9 Å². The van der Waals surface area contributed by atoms with Crippen LogP contribution in [-0.2, 0) is 17.9 Å². The summed E-state index contributed by atoms with van der Waals surface area (Å²) in [6, 6.07) is 12.6. The van der Waals surface area contributed by atoms with E-state index < -0.39 is 0 Å². The van der Waals surface area contributed by atoms with Crippen LogP contribution in [0.3, 0.4) is 0 Å². The lowest BCUT2D eigenvalue weighted by molar-refractivity contribution is -0.115. The summed E-state index contributed by atoms with van der Waals surface area (Å²) >= 11 is 0. The van der Waals surface area contributed by atoms with Gasteiger partial charge in [0, 0.05) is 24.9 Å². The highest BCUT2D eigenvalue weighted by atomic mass is 19.1. The molecule has 25 heavy (non-hydrogen) atoms. The molecule has 0 bridgehead atoms. The Balaban J connectivity index is 1.75. The number of nitrogens with one attached hydrogen (secondary N) is 1. The average molecular weight is 338 g/mol. The maximum Gasteiger partial charge on any atom is 0.226 e. The fourth-order valence-electron chi connectivity index (χ4n) is 3.35. The van der Waals surface area contributed by atoms with Crippen molar-refractivity contribution < 1.29 is 9.18 Å². The number of fused-ring (bicyclic) bond motifs is 2. The molecule has 4 rings (SSSR count). The summed E-state index contributed by atoms with van der Waals surface area (Å²) in [5.74, 6) is -0.458. The van der Waals surface area contributed by atoms with E-state index in [1.54, 1.807) is 6.07 Å². The highest BCUT2D eigenvalue weighted by molar-refractivity contribution is 5.96. The summed E-state index contributed by atoms with van der Waals surface area (Å²) in [7, 11) is 0. The highest BCUT2D eigenvalue weighted by Gasteiger charge is 2.21. The van der Waals surface area contributed by atoms with Gasteiger partial charge in [0.15, 0.2) is 0 Å². The van der Waals surface area contributed by atoms with Crippen molar-refractivity contribution >= 4 is 28.2 Å². The average Bonchev–Trinajstić information content (AvgIpc) is 2.88. The molecule has 0 saturated carbocycles. The monoisotopic (exact) mass is 338 g/mol. The van der Waals surface area contributed by atoms with Gasteiger partial charge in [0.1, 0.15) is 5.82 Å². The molecule has 2 aromatic carbocycles. The van der Waals surface area contributed by atoms with Gasteiger partial charge in [-0.1, -0.05) is 18.2 Å². The maximum absolute atomic E-state index is 13.6. The first-order chi connectivity index (χ1) is 12.2. The standard InChI is InChI=1S/C19H19FN4O/c1-2-24-17-6-4-3-5-14(17)16(22-24)12-23-10-9-19(25)21-15-11-13(20)7-8-18(15)23/h3-8,11H,2,9-10,12H2,1H3,(H,21,25). The lowest BCUT2D eigenvalue weighted by Crippen LogP contribution is -2.24. The molecule has 1 aliphatic rings. The van der Waals surface area contributed by atoms with E-state index in [-0.39, 0.29) is 11.7 Å². The van der Waals surface area contributed by atoms with Gasteiger partial charge >= 0.3 is 0 Å². The Morgan fingerprint density at radius 3 is 2.92 bits per heavy atom. The fraction of sp³-hybridized carbons (Fsp3) is 0.263. The number of halogens is 1. The number of anilines is 2. The number of nitrogens with zero attached hydrogens (tertiary/aromatic N) is 3. The van der Waals surface area contributed by atoms with Crippen molar-refractivity contribution in [1.82, 2.24) is 9.78 Å². The molecule has 0 radical (unpaired) electrons. The molecular weight excluding hydrogens is 319 g/mol. The van der Waals surface area contributed by atoms with Gasteiger partial charge < -0.3 is 10.2 Å². The number of carbonyl (C=O) groups is 1. The molecule has 5 nitrogen and oxygen atoms in total. The normalized spacial score (nSPS) is 14.3. The van der Waals surface area contributed by atoms with Crippen LogP contribution in [0, 0.1) is 5.82 Å². The number of carbonyl (C=O) groups excluding carboxylic acids is 1. The Bertz CT molecular complexity index is 950. The quantitative estimate of drug-likeness (QED) is 0.795. The van der Waals surface area contributed by atoms with Crippen molar-refractivity contribution in [2.24, 2.45) is 0 Å². The van der Waals surface area contributed by atoms with Crippen LogP contribution in [0.1, 0.15) is 19.0 Å². The van der Waals surface area contributed by atoms with Gasteiger partial charge in [-0.2, -0.15) is 5.10 Å². The molecule has 0 aliphatic carbocycles. The van der Waals surface area contributed by atoms with Gasteiger partial charge in [0.25, 0.3) is 0 Å². The number of hydrogen-bond acceptors (Lipinski definition) is 3. The van der Waals surface area contributed by atoms with Crippen molar-refractivity contribution in [3.63, 3.8) is 0 Å². The maximum atomic E-state index is 13.6. The van der Waals surface area contributed by atoms with E-state index in [0.717, 1.165) is 28.8 Å². The molecule has 0 atom stereocenters. The van der Waals surface area contributed by atoms with E-state index in [0.29, 0.717) is 25.2 Å². The first-order valence-electron chi connectivity index (χ1n) is 8.44. The van der Waals surface area contributed by atoms with E-state index in [9.17, 15) is 9.18 Å². The zero-order valence-corrected chi connectivity index (χ0v) is 14.0. The van der Waals surface area contributed by atoms with Crippen LogP contribution in [0.5, 0.6) is 0 Å². The number of amides is 1. The van der Waals surface area contributed by atoms with Gasteiger partial charge in [-0.3, -0.25) is 9.48 Å². The third-order valence-corrected chi connectivity index (χ3v) is 4.56. The number of hydrogen-bond donors (Lipinski definition) is 1. The Morgan fingerprint density at radius 1 is 1.24 bits per heavy atom. The predicted molar refractivity (Wildman–Crippen MR) is 96.1 cm³/mol. The lowest BCUT2D eigenvalue weighted by Gasteiger charge is -2.23. The van der Waals surface area contributed by atoms with Crippen LogP contribution in [0.15, 0.2) is 42.5 Å². The van der Waals surface area contributed by atoms with Crippen molar-refractivity contribution in [2.45, 2.75) is 26.4 Å². The largest absolute Gasteiger partial charge is 0.363 e. The van der Waals surface area contributed by atoms with E-state index in [1.165, 1.54) is 12.1 Å². The molecule has 1 amide bonds. The third kappa shape index (κ3) is 2.84. The molecule has 0 spiro atoms. The molecule has 0 unspecified atom stereocenters. The minimum atomic E-state index is -0.360. The molecule has 2 heterocycles. The molecule has 1 aliphatic heterocycles. The zero-order chi connectivity index (χ0) is 17.4. The number of para-hydroxylation sites is 1. The highest BCUT2D eigenvalue weighted by Crippen LogP contribution is 2.31. The smallest absolute Gasteiger partial charge is 0.226 e. The van der Waals surface area contributed by atoms with Crippen molar-refractivity contribution in [2.75, 3.05) is 16.8 Å².